The molecular formula is C23H28ClN3O. The zero-order valence-corrected chi connectivity index (χ0v) is 17.2. The Labute approximate surface area is 172 Å². The van der Waals surface area contributed by atoms with Crippen LogP contribution < -0.4 is 0 Å². The average Bonchev–Trinajstić information content (AvgIpc) is 3.07. The fraction of sp³-hybridized carbons (Fsp3) is 0.391. The fourth-order valence-electron chi connectivity index (χ4n) is 4.06. The Morgan fingerprint density at radius 2 is 1.89 bits per heavy atom. The van der Waals surface area contributed by atoms with Gasteiger partial charge in [-0.3, -0.25) is 9.69 Å². The zero-order chi connectivity index (χ0) is 18.6. The van der Waals surface area contributed by atoms with Crippen LogP contribution in [0.1, 0.15) is 47.4 Å². The minimum absolute atomic E-state index is 0. The lowest BCUT2D eigenvalue weighted by molar-refractivity contribution is 0.0961. The number of piperidine rings is 1. The first-order valence-electron chi connectivity index (χ1n) is 9.93. The second kappa shape index (κ2) is 9.35. The normalized spacial score (nSPS) is 15.5. The first-order chi connectivity index (χ1) is 13.2. The first kappa shape index (κ1) is 20.6. The molecule has 0 radical (unpaired) electrons. The van der Waals surface area contributed by atoms with Gasteiger partial charge in [0.15, 0.2) is 5.78 Å². The Bertz CT molecular complexity index is 914. The van der Waals surface area contributed by atoms with Gasteiger partial charge in [-0.2, -0.15) is 0 Å². The van der Waals surface area contributed by atoms with Crippen LogP contribution in [0.3, 0.4) is 0 Å². The predicted octanol–water partition coefficient (Wildman–Crippen LogP) is 5.17. The van der Waals surface area contributed by atoms with E-state index in [4.69, 9.17) is 0 Å². The molecule has 4 rings (SSSR count). The van der Waals surface area contributed by atoms with Gasteiger partial charge < -0.3 is 4.98 Å². The second-order valence-corrected chi connectivity index (χ2v) is 7.72. The molecule has 1 aromatic heterocycles. The van der Waals surface area contributed by atoms with E-state index >= 15 is 0 Å². The molecule has 2 aromatic carbocycles. The van der Waals surface area contributed by atoms with E-state index in [1.165, 1.54) is 18.4 Å². The van der Waals surface area contributed by atoms with E-state index in [0.29, 0.717) is 12.3 Å². The Balaban J connectivity index is 0.00000225. The molecule has 148 valence electrons. The summed E-state index contributed by atoms with van der Waals surface area (Å²) in [6, 6.07) is 16.5. The number of fused-ring (bicyclic) bond motifs is 1. The number of nitrogens with zero attached hydrogens (tertiary/aromatic N) is 2. The number of Topliss-reactive ketones (excluding diaryl/α,β-unsaturated/α-hetero) is 1. The monoisotopic (exact) mass is 397 g/mol. The van der Waals surface area contributed by atoms with Crippen molar-refractivity contribution in [2.75, 3.05) is 13.1 Å². The number of aromatic amines is 1. The van der Waals surface area contributed by atoms with Crippen molar-refractivity contribution >= 4 is 29.2 Å². The van der Waals surface area contributed by atoms with Crippen molar-refractivity contribution in [3.05, 3.63) is 65.5 Å². The van der Waals surface area contributed by atoms with Crippen molar-refractivity contribution in [1.29, 1.82) is 0 Å². The Morgan fingerprint density at radius 1 is 1.14 bits per heavy atom. The molecule has 3 aromatic rings. The number of halogens is 1. The smallest absolute Gasteiger partial charge is 0.162 e. The standard InChI is InChI=1S/C23H27N3O.ClH/c1-17-24-21-9-8-20(15-22(21)25-17)23(27)10-7-18-11-13-26(14-12-18)16-19-5-3-2-4-6-19;/h2-6,8-9,15,18H,7,10-14,16H2,1H3,(H,24,25);1H. The first-order valence-corrected chi connectivity index (χ1v) is 9.93. The third kappa shape index (κ3) is 5.00. The molecule has 4 nitrogen and oxygen atoms in total. The van der Waals surface area contributed by atoms with Crippen molar-refractivity contribution in [2.24, 2.45) is 5.92 Å². The summed E-state index contributed by atoms with van der Waals surface area (Å²) in [6.07, 6.45) is 4.02. The van der Waals surface area contributed by atoms with Gasteiger partial charge in [-0.15, -0.1) is 12.4 Å². The van der Waals surface area contributed by atoms with Gasteiger partial charge >= 0.3 is 0 Å². The number of carbonyl (C=O) groups is 1. The van der Waals surface area contributed by atoms with Crippen molar-refractivity contribution in [3.8, 4) is 0 Å². The van der Waals surface area contributed by atoms with Gasteiger partial charge in [0.25, 0.3) is 0 Å². The molecule has 28 heavy (non-hydrogen) atoms. The maximum absolute atomic E-state index is 12.6. The number of aromatic nitrogens is 2. The molecule has 0 atom stereocenters. The maximum atomic E-state index is 12.6. The molecule has 2 heterocycles. The summed E-state index contributed by atoms with van der Waals surface area (Å²) >= 11 is 0. The highest BCUT2D eigenvalue weighted by atomic mass is 35.5. The fourth-order valence-corrected chi connectivity index (χ4v) is 4.06. The van der Waals surface area contributed by atoms with Gasteiger partial charge in [0.1, 0.15) is 5.82 Å². The van der Waals surface area contributed by atoms with Crippen LogP contribution in [-0.2, 0) is 6.54 Å². The molecule has 0 unspecified atom stereocenters. The number of rotatable bonds is 6. The Hall–Kier alpha value is -2.17. The van der Waals surface area contributed by atoms with E-state index in [1.54, 1.807) is 0 Å². The largest absolute Gasteiger partial charge is 0.342 e. The summed E-state index contributed by atoms with van der Waals surface area (Å²) < 4.78 is 0. The van der Waals surface area contributed by atoms with E-state index in [1.807, 2.05) is 25.1 Å². The van der Waals surface area contributed by atoms with Crippen molar-refractivity contribution in [1.82, 2.24) is 14.9 Å². The third-order valence-electron chi connectivity index (χ3n) is 5.66. The van der Waals surface area contributed by atoms with Gasteiger partial charge in [0, 0.05) is 18.5 Å². The second-order valence-electron chi connectivity index (χ2n) is 7.72. The summed E-state index contributed by atoms with van der Waals surface area (Å²) in [4.78, 5) is 22.8. The topological polar surface area (TPSA) is 49.0 Å². The molecular weight excluding hydrogens is 370 g/mol. The molecule has 1 N–H and O–H groups in total. The van der Waals surface area contributed by atoms with E-state index in [2.05, 4.69) is 45.2 Å². The quantitative estimate of drug-likeness (QED) is 0.584. The third-order valence-corrected chi connectivity index (χ3v) is 5.66. The molecule has 0 amide bonds. The highest BCUT2D eigenvalue weighted by Crippen LogP contribution is 2.24. The van der Waals surface area contributed by atoms with E-state index in [0.717, 1.165) is 48.5 Å². The molecule has 0 bridgehead atoms. The number of hydrogen-bond donors (Lipinski definition) is 1. The van der Waals surface area contributed by atoms with Crippen LogP contribution in [0, 0.1) is 12.8 Å². The molecule has 5 heteroatoms. The van der Waals surface area contributed by atoms with Gasteiger partial charge in [-0.1, -0.05) is 30.3 Å². The summed E-state index contributed by atoms with van der Waals surface area (Å²) in [5.41, 5.74) is 4.05. The number of carbonyl (C=O) groups excluding carboxylic acids is 1. The van der Waals surface area contributed by atoms with Crippen LogP contribution in [0.25, 0.3) is 11.0 Å². The van der Waals surface area contributed by atoms with Crippen molar-refractivity contribution in [3.63, 3.8) is 0 Å². The maximum Gasteiger partial charge on any atom is 0.162 e. The lowest BCUT2D eigenvalue weighted by Crippen LogP contribution is -2.33. The molecule has 0 aliphatic carbocycles. The number of nitrogens with one attached hydrogen (secondary N) is 1. The number of aryl methyl sites for hydroxylation is 1. The van der Waals surface area contributed by atoms with E-state index in [-0.39, 0.29) is 18.2 Å². The van der Waals surface area contributed by atoms with Crippen LogP contribution >= 0.6 is 12.4 Å². The number of imidazole rings is 1. The van der Waals surface area contributed by atoms with Crippen LogP contribution in [0.15, 0.2) is 48.5 Å². The molecule has 1 saturated heterocycles. The highest BCUT2D eigenvalue weighted by Gasteiger charge is 2.20. The summed E-state index contributed by atoms with van der Waals surface area (Å²) in [7, 11) is 0. The number of hydrogen-bond acceptors (Lipinski definition) is 3. The molecule has 0 saturated carbocycles. The number of H-pyrrole nitrogens is 1. The number of ketones is 1. The van der Waals surface area contributed by atoms with Crippen LogP contribution in [0.5, 0.6) is 0 Å². The SMILES string of the molecule is Cc1nc2cc(C(=O)CCC3CCN(Cc4ccccc4)CC3)ccc2[nH]1.Cl. The lowest BCUT2D eigenvalue weighted by atomic mass is 9.90. The zero-order valence-electron chi connectivity index (χ0n) is 16.4. The minimum atomic E-state index is 0. The summed E-state index contributed by atoms with van der Waals surface area (Å²) in [5, 5.41) is 0. The number of benzene rings is 2. The van der Waals surface area contributed by atoms with Crippen LogP contribution in [0.2, 0.25) is 0 Å². The summed E-state index contributed by atoms with van der Waals surface area (Å²) in [5.74, 6) is 1.79. The van der Waals surface area contributed by atoms with Crippen molar-refractivity contribution in [2.45, 2.75) is 39.2 Å². The molecule has 1 aliphatic rings. The van der Waals surface area contributed by atoms with Crippen molar-refractivity contribution < 1.29 is 4.79 Å². The highest BCUT2D eigenvalue weighted by molar-refractivity contribution is 5.98. The van der Waals surface area contributed by atoms with E-state index in [9.17, 15) is 4.79 Å². The Morgan fingerprint density at radius 3 is 2.64 bits per heavy atom. The van der Waals surface area contributed by atoms with Crippen LogP contribution in [0.4, 0.5) is 0 Å². The number of likely N-dealkylation sites (tertiary alicyclic amines) is 1. The van der Waals surface area contributed by atoms with Gasteiger partial charge in [0.05, 0.1) is 11.0 Å². The van der Waals surface area contributed by atoms with Gasteiger partial charge in [0.2, 0.25) is 0 Å². The average molecular weight is 398 g/mol. The van der Waals surface area contributed by atoms with E-state index < -0.39 is 0 Å². The predicted molar refractivity (Wildman–Crippen MR) is 116 cm³/mol. The van der Waals surface area contributed by atoms with Crippen LogP contribution in [-0.4, -0.2) is 33.7 Å². The summed E-state index contributed by atoms with van der Waals surface area (Å²) in [6.45, 7) is 5.24. The molecule has 0 spiro atoms. The lowest BCUT2D eigenvalue weighted by Gasteiger charge is -2.32. The Kier molecular flexibility index (Phi) is 6.87. The molecule has 1 fully saturated rings. The van der Waals surface area contributed by atoms with Gasteiger partial charge in [-0.05, 0) is 69.0 Å². The molecule has 1 aliphatic heterocycles. The minimum Gasteiger partial charge on any atom is -0.342 e. The van der Waals surface area contributed by atoms with Gasteiger partial charge in [-0.25, -0.2) is 4.98 Å².